The molecule has 0 bridgehead atoms. The van der Waals surface area contributed by atoms with Crippen molar-refractivity contribution in [1.82, 2.24) is 18.8 Å². The third-order valence-corrected chi connectivity index (χ3v) is 19.1. The van der Waals surface area contributed by atoms with Crippen molar-refractivity contribution in [3.8, 4) is 66.8 Å². The number of hydrogen-bond acceptors (Lipinski definition) is 4. The first-order chi connectivity index (χ1) is 44.5. The Kier molecular flexibility index (Phi) is 13.3. The van der Waals surface area contributed by atoms with E-state index in [0.717, 1.165) is 132 Å². The fourth-order valence-electron chi connectivity index (χ4n) is 14.9. The summed E-state index contributed by atoms with van der Waals surface area (Å²) in [7, 11) is 0. The number of rotatable bonds is 6. The number of benzene rings is 12. The average molecular weight is 1190 g/mol. The summed E-state index contributed by atoms with van der Waals surface area (Å²) < 4.78 is 3.61. The van der Waals surface area contributed by atoms with Crippen LogP contribution in [0.25, 0.3) is 153 Å². The Labute approximate surface area is 532 Å². The van der Waals surface area contributed by atoms with Crippen LogP contribution in [0, 0.1) is 82.4 Å². The van der Waals surface area contributed by atoms with Gasteiger partial charge in [0.25, 0.3) is 11.1 Å². The van der Waals surface area contributed by atoms with Crippen molar-refractivity contribution in [3.05, 3.63) is 293 Å². The Hall–Kier alpha value is -11.6. The quantitative estimate of drug-likeness (QED) is 0.155. The van der Waals surface area contributed by atoms with Crippen LogP contribution in [0.5, 0.6) is 0 Å². The van der Waals surface area contributed by atoms with Gasteiger partial charge in [0.05, 0.1) is 35.2 Å². The van der Waals surface area contributed by atoms with E-state index in [-0.39, 0.29) is 11.1 Å². The molecule has 0 atom stereocenters. The summed E-state index contributed by atoms with van der Waals surface area (Å²) in [6, 6.07) is 66.3. The Bertz CT molecular complexity index is 5860. The predicted octanol–water partition coefficient (Wildman–Crippen LogP) is 21.4. The second-order valence-corrected chi connectivity index (χ2v) is 25.0. The van der Waals surface area contributed by atoms with Gasteiger partial charge in [-0.05, 0) is 215 Å². The smallest absolute Gasteiger partial charge is 0.264 e. The molecule has 4 aromatic heterocycles. The van der Waals surface area contributed by atoms with Crippen LogP contribution in [0.1, 0.15) is 55.6 Å². The van der Waals surface area contributed by atoms with Crippen molar-refractivity contribution < 1.29 is 0 Å². The minimum absolute atomic E-state index is 0.125. The van der Waals surface area contributed by atoms with E-state index >= 15 is 0 Å². The molecule has 0 spiro atoms. The fraction of sp³-hybridized carbons (Fsp3) is 0.119. The first-order valence-corrected chi connectivity index (χ1v) is 31.1. The molecular formula is C84H62N6O2. The van der Waals surface area contributed by atoms with Crippen LogP contribution in [-0.2, 0) is 0 Å². The predicted molar refractivity (Wildman–Crippen MR) is 383 cm³/mol. The normalized spacial score (nSPS) is 11.7. The zero-order valence-corrected chi connectivity index (χ0v) is 53.0. The molecule has 0 radical (unpaired) electrons. The van der Waals surface area contributed by atoms with E-state index in [1.54, 1.807) is 16.5 Å². The maximum atomic E-state index is 14.7. The van der Waals surface area contributed by atoms with Gasteiger partial charge in [0.2, 0.25) is 0 Å². The lowest BCUT2D eigenvalue weighted by Crippen LogP contribution is -2.14. The molecule has 8 nitrogen and oxygen atoms in total. The van der Waals surface area contributed by atoms with E-state index in [2.05, 4.69) is 249 Å². The van der Waals surface area contributed by atoms with Crippen LogP contribution in [0.4, 0.5) is 11.4 Å². The second kappa shape index (κ2) is 21.6. The summed E-state index contributed by atoms with van der Waals surface area (Å²) in [5, 5.41) is 6.09. The molecule has 0 saturated carbocycles. The lowest BCUT2D eigenvalue weighted by molar-refractivity contribution is 1.19. The van der Waals surface area contributed by atoms with Crippen LogP contribution in [-0.4, -0.2) is 18.8 Å². The van der Waals surface area contributed by atoms with Gasteiger partial charge in [0.15, 0.2) is 11.4 Å². The van der Waals surface area contributed by atoms with Gasteiger partial charge in [-0.1, -0.05) is 181 Å². The number of nitrogens with zero attached hydrogens (tertiary/aromatic N) is 6. The van der Waals surface area contributed by atoms with E-state index in [1.807, 2.05) is 16.5 Å². The molecule has 0 unspecified atom stereocenters. The SMILES string of the molecule is [C-]#[N+]c1ccc2c(=O)n3c(nc4cc(-c5c(C)cccc5C)cc(-c5c(C)cccc5C)c43)c3ccc(-c4ccc(C)cc4)c1c23.[C-]#[N+]c1ccc2c(=O)n3c4cc(-c5c(C)cccc5C)cc(-c5c(C)cccc5C)c4nc3c3ccc(-c4ccc(C)cc4)c1c23. The third-order valence-electron chi connectivity index (χ3n) is 19.1. The van der Waals surface area contributed by atoms with Crippen LogP contribution in [0.3, 0.4) is 0 Å². The second-order valence-electron chi connectivity index (χ2n) is 25.0. The van der Waals surface area contributed by atoms with Crippen molar-refractivity contribution in [2.45, 2.75) is 69.2 Å². The molecule has 16 rings (SSSR count). The Morgan fingerprint density at radius 2 is 0.717 bits per heavy atom. The number of aryl methyl sites for hydroxylation is 10. The fourth-order valence-corrected chi connectivity index (χ4v) is 14.9. The number of fused-ring (bicyclic) bond motifs is 8. The molecule has 0 aliphatic rings. The molecule has 0 N–H and O–H groups in total. The number of aromatic nitrogens is 4. The molecule has 440 valence electrons. The molecule has 4 heterocycles. The average Bonchev–Trinajstić information content (AvgIpc) is 1.47. The van der Waals surface area contributed by atoms with E-state index < -0.39 is 0 Å². The molecule has 92 heavy (non-hydrogen) atoms. The highest BCUT2D eigenvalue weighted by molar-refractivity contribution is 6.25. The Morgan fingerprint density at radius 3 is 1.16 bits per heavy atom. The topological polar surface area (TPSA) is 77.5 Å². The monoisotopic (exact) mass is 1190 g/mol. The molecule has 0 amide bonds. The van der Waals surface area contributed by atoms with Crippen LogP contribution < -0.4 is 11.1 Å². The van der Waals surface area contributed by atoms with E-state index in [9.17, 15) is 9.59 Å². The third kappa shape index (κ3) is 8.70. The highest BCUT2D eigenvalue weighted by atomic mass is 16.1. The van der Waals surface area contributed by atoms with E-state index in [0.29, 0.717) is 33.4 Å². The number of imidazole rings is 2. The minimum Gasteiger partial charge on any atom is -0.268 e. The van der Waals surface area contributed by atoms with Gasteiger partial charge in [0.1, 0.15) is 11.3 Å². The molecule has 8 heteroatoms. The molecular weight excluding hydrogens is 1120 g/mol. The molecule has 16 aromatic rings. The first-order valence-electron chi connectivity index (χ1n) is 31.1. The molecule has 0 aliphatic heterocycles. The van der Waals surface area contributed by atoms with Crippen molar-refractivity contribution in [3.63, 3.8) is 0 Å². The summed E-state index contributed by atoms with van der Waals surface area (Å²) >= 11 is 0. The van der Waals surface area contributed by atoms with Crippen LogP contribution >= 0.6 is 0 Å². The molecule has 12 aromatic carbocycles. The highest BCUT2D eigenvalue weighted by Crippen LogP contribution is 2.47. The molecule has 0 fully saturated rings. The molecule has 0 saturated heterocycles. The van der Waals surface area contributed by atoms with Crippen molar-refractivity contribution in [1.29, 1.82) is 0 Å². The van der Waals surface area contributed by atoms with Crippen molar-refractivity contribution >= 4 is 87.8 Å². The van der Waals surface area contributed by atoms with E-state index in [4.69, 9.17) is 23.1 Å². The summed E-state index contributed by atoms with van der Waals surface area (Å²) in [5.41, 5.74) is 29.6. The lowest BCUT2D eigenvalue weighted by Gasteiger charge is -2.16. The van der Waals surface area contributed by atoms with Gasteiger partial charge in [0, 0.05) is 32.7 Å². The molecule has 0 aliphatic carbocycles. The number of pyridine rings is 2. The van der Waals surface area contributed by atoms with Crippen LogP contribution in [0.2, 0.25) is 0 Å². The number of hydrogen-bond donors (Lipinski definition) is 0. The van der Waals surface area contributed by atoms with Gasteiger partial charge in [-0.15, -0.1) is 0 Å². The largest absolute Gasteiger partial charge is 0.268 e. The van der Waals surface area contributed by atoms with Gasteiger partial charge < -0.3 is 0 Å². The Morgan fingerprint density at radius 1 is 0.337 bits per heavy atom. The Balaban J connectivity index is 0.000000153. The van der Waals surface area contributed by atoms with Gasteiger partial charge >= 0.3 is 0 Å². The summed E-state index contributed by atoms with van der Waals surface area (Å²) in [6.07, 6.45) is 0. The van der Waals surface area contributed by atoms with Gasteiger partial charge in [-0.3, -0.25) is 18.4 Å². The minimum atomic E-state index is -0.126. The van der Waals surface area contributed by atoms with Crippen molar-refractivity contribution in [2.24, 2.45) is 0 Å². The summed E-state index contributed by atoms with van der Waals surface area (Å²) in [6.45, 7) is 37.3. The van der Waals surface area contributed by atoms with Crippen molar-refractivity contribution in [2.75, 3.05) is 0 Å². The zero-order chi connectivity index (χ0) is 63.7. The summed E-state index contributed by atoms with van der Waals surface area (Å²) in [4.78, 5) is 47.8. The maximum Gasteiger partial charge on any atom is 0.264 e. The first kappa shape index (κ1) is 56.9. The van der Waals surface area contributed by atoms with Gasteiger partial charge in [-0.2, -0.15) is 0 Å². The zero-order valence-electron chi connectivity index (χ0n) is 53.0. The van der Waals surface area contributed by atoms with Gasteiger partial charge in [-0.25, -0.2) is 19.7 Å². The van der Waals surface area contributed by atoms with Crippen LogP contribution in [0.15, 0.2) is 204 Å². The lowest BCUT2D eigenvalue weighted by atomic mass is 9.89. The van der Waals surface area contributed by atoms with E-state index in [1.165, 1.54) is 44.5 Å². The summed E-state index contributed by atoms with van der Waals surface area (Å²) in [5.74, 6) is 0. The standard InChI is InChI=1S/2C42H31N3O/c1-23-13-15-28(16-14-23)30-17-18-31-38-32(19-20-34(43-6)39(30)38)42(46)45-35-22-29(36-24(2)9-7-10-25(36)3)21-33(40(35)44-41(31)45)37-26(4)11-8-12-27(37)5;1-23-13-15-28(16-14-23)30-17-18-31-38-32(19-20-34(43-6)39(30)38)42(46)45-40-33(37-26(4)11-8-12-27(37)5)21-29(22-35(40)44-41(31)45)36-24(2)9-7-10-25(36)3/h2*7-22H,1-5H3. The highest BCUT2D eigenvalue weighted by Gasteiger charge is 2.27. The maximum absolute atomic E-state index is 14.7.